The average molecular weight is 1300 g/mol. The van der Waals surface area contributed by atoms with Gasteiger partial charge in [-0.15, -0.1) is 0 Å². The highest BCUT2D eigenvalue weighted by molar-refractivity contribution is 6.30. The monoisotopic (exact) mass is 1290 g/mol. The number of benzene rings is 12. The molecule has 0 spiro atoms. The number of hydrogen-bond donors (Lipinski definition) is 0. The maximum absolute atomic E-state index is 2.73. The van der Waals surface area contributed by atoms with Crippen molar-refractivity contribution in [3.63, 3.8) is 0 Å². The molecule has 0 fully saturated rings. The largest absolute Gasteiger partial charge is 0.0654 e. The van der Waals surface area contributed by atoms with Crippen LogP contribution in [0, 0.1) is 0 Å². The Balaban J connectivity index is 0.890. The van der Waals surface area contributed by atoms with Crippen LogP contribution in [-0.4, -0.2) is 0 Å². The minimum Gasteiger partial charge on any atom is -0.0654 e. The van der Waals surface area contributed by atoms with Gasteiger partial charge >= 0.3 is 0 Å². The zero-order chi connectivity index (χ0) is 67.5. The summed E-state index contributed by atoms with van der Waals surface area (Å²) in [5, 5.41) is 10.5. The minimum atomic E-state index is -0.117. The Morgan fingerprint density at radius 2 is 0.404 bits per heavy atom. The van der Waals surface area contributed by atoms with Crippen LogP contribution in [0.4, 0.5) is 0 Å². The summed E-state index contributed by atoms with van der Waals surface area (Å²) in [6.07, 6.45) is 32.3. The Kier molecular flexibility index (Phi) is 19.6. The first-order valence-corrected chi connectivity index (χ1v) is 39.5. The van der Waals surface area contributed by atoms with Gasteiger partial charge in [-0.3, -0.25) is 0 Å². The molecule has 0 amide bonds. The lowest BCUT2D eigenvalue weighted by Gasteiger charge is -2.34. The summed E-state index contributed by atoms with van der Waals surface area (Å²) < 4.78 is 0. The zero-order valence-electron chi connectivity index (χ0n) is 60.7. The van der Waals surface area contributed by atoms with E-state index in [2.05, 4.69) is 260 Å². The molecule has 0 aromatic heterocycles. The van der Waals surface area contributed by atoms with Crippen molar-refractivity contribution in [3.8, 4) is 77.9 Å². The fourth-order valence-electron chi connectivity index (χ4n) is 19.9. The van der Waals surface area contributed by atoms with E-state index in [0.29, 0.717) is 0 Å². The maximum Gasteiger partial charge on any atom is 0.0215 e. The Labute approximate surface area is 593 Å². The van der Waals surface area contributed by atoms with Gasteiger partial charge in [0.05, 0.1) is 0 Å². The molecule has 3 aliphatic carbocycles. The fourth-order valence-corrected chi connectivity index (χ4v) is 19.9. The summed E-state index contributed by atoms with van der Waals surface area (Å²) in [5.41, 5.74) is 28.7. The van der Waals surface area contributed by atoms with E-state index in [9.17, 15) is 0 Å². The van der Waals surface area contributed by atoms with Gasteiger partial charge in [-0.1, -0.05) is 364 Å². The van der Waals surface area contributed by atoms with Crippen molar-refractivity contribution in [3.05, 3.63) is 252 Å². The molecule has 502 valence electrons. The van der Waals surface area contributed by atoms with Crippen LogP contribution in [0.15, 0.2) is 218 Å². The topological polar surface area (TPSA) is 0 Å². The zero-order valence-corrected chi connectivity index (χ0v) is 60.7. The first-order chi connectivity index (χ1) is 48.9. The van der Waals surface area contributed by atoms with Gasteiger partial charge in [-0.25, -0.2) is 0 Å². The smallest absolute Gasteiger partial charge is 0.0215 e. The number of rotatable bonds is 30. The van der Waals surface area contributed by atoms with E-state index in [1.807, 2.05) is 0 Å². The third kappa shape index (κ3) is 11.6. The molecule has 0 atom stereocenters. The Hall–Kier alpha value is -8.32. The number of hydrogen-bond acceptors (Lipinski definition) is 0. The van der Waals surface area contributed by atoms with E-state index in [0.717, 1.165) is 0 Å². The highest BCUT2D eigenvalue weighted by atomic mass is 14.5. The van der Waals surface area contributed by atoms with Crippen molar-refractivity contribution in [2.45, 2.75) is 225 Å². The van der Waals surface area contributed by atoms with Crippen molar-refractivity contribution in [1.29, 1.82) is 0 Å². The summed E-state index contributed by atoms with van der Waals surface area (Å²) in [7, 11) is 0. The number of unbranched alkanes of at least 4 members (excludes halogenated alkanes) is 14. The molecule has 12 aromatic carbocycles. The third-order valence-electron chi connectivity index (χ3n) is 24.7. The molecule has 0 nitrogen and oxygen atoms in total. The van der Waals surface area contributed by atoms with E-state index in [1.165, 1.54) is 299 Å². The Bertz CT molecular complexity index is 4760. The Morgan fingerprint density at radius 3 is 0.697 bits per heavy atom. The molecule has 12 aromatic rings. The maximum atomic E-state index is 2.73. The van der Waals surface area contributed by atoms with E-state index >= 15 is 0 Å². The van der Waals surface area contributed by atoms with E-state index in [4.69, 9.17) is 0 Å². The van der Waals surface area contributed by atoms with E-state index in [1.54, 1.807) is 22.3 Å². The molecular weight excluding hydrogens is 1190 g/mol. The highest BCUT2D eigenvalue weighted by Crippen LogP contribution is 2.61. The SMILES string of the molecule is CCCCCCC1(CCCCCC)c2ccccc2-c2ccc(-c3ccc4c(c3)C(CCCCCC)(CCCCCC)c3cc(-c5c6ccccc6c(-c6c7ccccc7c(-c7ccc8c(c7)C(CCCC)(CCCC)c7ccccc7-8)c7ccccc67)c6ccccc56)ccc3-4)cc21. The van der Waals surface area contributed by atoms with Crippen LogP contribution in [0.25, 0.3) is 121 Å². The molecule has 0 saturated carbocycles. The normalized spacial score (nSPS) is 14.2. The predicted molar refractivity (Wildman–Crippen MR) is 431 cm³/mol. The standard InChI is InChI=1S/C99H106/c1-7-13-19-35-61-98(62-36-20-14-8-2)88-50-34-32-39-73(88)75-55-51-69(65-89(75)98)70-52-56-77-78-58-54-72(68-92(78)99(90(77)66-70,63-37-21-15-9-3)64-38-22-16-10-4)94-81-43-25-29-47-85(81)96(86-48-30-26-44-82(86)94)95-83-45-27-23-41-79(83)93(80-42-24-28-46-84(80)95)71-53-57-76-74-40-31-33-49-87(74)97(59-17-11-5,60-18-12-6)91(76)67-71/h23-34,39-58,65-68H,7-22,35-38,59-64H2,1-6H3. The number of fused-ring (bicyclic) bond motifs is 13. The predicted octanol–water partition coefficient (Wildman–Crippen LogP) is 30.0. The lowest BCUT2D eigenvalue weighted by atomic mass is 9.69. The van der Waals surface area contributed by atoms with Crippen molar-refractivity contribution in [1.82, 2.24) is 0 Å². The lowest BCUT2D eigenvalue weighted by Crippen LogP contribution is -2.26. The van der Waals surface area contributed by atoms with Crippen molar-refractivity contribution >= 4 is 43.1 Å². The molecule has 0 aliphatic heterocycles. The first kappa shape index (κ1) is 66.6. The van der Waals surface area contributed by atoms with Crippen LogP contribution in [0.3, 0.4) is 0 Å². The van der Waals surface area contributed by atoms with Crippen LogP contribution < -0.4 is 0 Å². The second kappa shape index (κ2) is 29.1. The quantitative estimate of drug-likeness (QED) is 0.0311. The van der Waals surface area contributed by atoms with Crippen LogP contribution in [0.5, 0.6) is 0 Å². The van der Waals surface area contributed by atoms with Gasteiger partial charge in [-0.05, 0) is 217 Å². The minimum absolute atomic E-state index is 0.00219. The molecular formula is C99H106. The summed E-state index contributed by atoms with van der Waals surface area (Å²) in [6.45, 7) is 14.2. The lowest BCUT2D eigenvalue weighted by molar-refractivity contribution is 0.401. The second-order valence-corrected chi connectivity index (χ2v) is 30.5. The van der Waals surface area contributed by atoms with Gasteiger partial charge in [-0.2, -0.15) is 0 Å². The molecule has 0 heterocycles. The van der Waals surface area contributed by atoms with Crippen molar-refractivity contribution < 1.29 is 0 Å². The molecule has 0 N–H and O–H groups in total. The van der Waals surface area contributed by atoms with Crippen LogP contribution in [0.1, 0.15) is 242 Å². The highest BCUT2D eigenvalue weighted by Gasteiger charge is 2.46. The van der Waals surface area contributed by atoms with Crippen molar-refractivity contribution in [2.24, 2.45) is 0 Å². The van der Waals surface area contributed by atoms with Gasteiger partial charge in [0.2, 0.25) is 0 Å². The van der Waals surface area contributed by atoms with E-state index in [-0.39, 0.29) is 16.2 Å². The molecule has 3 aliphatic rings. The van der Waals surface area contributed by atoms with Crippen LogP contribution >= 0.6 is 0 Å². The second-order valence-electron chi connectivity index (χ2n) is 30.5. The molecule has 0 radical (unpaired) electrons. The molecule has 0 bridgehead atoms. The summed E-state index contributed by atoms with van der Waals surface area (Å²) in [4.78, 5) is 0. The molecule has 99 heavy (non-hydrogen) atoms. The molecule has 0 unspecified atom stereocenters. The molecule has 0 saturated heterocycles. The van der Waals surface area contributed by atoms with Gasteiger partial charge in [0.15, 0.2) is 0 Å². The van der Waals surface area contributed by atoms with E-state index < -0.39 is 0 Å². The van der Waals surface area contributed by atoms with Crippen LogP contribution in [-0.2, 0) is 16.2 Å². The summed E-state index contributed by atoms with van der Waals surface area (Å²) in [5.74, 6) is 0. The van der Waals surface area contributed by atoms with Gasteiger partial charge in [0.1, 0.15) is 0 Å². The Morgan fingerprint density at radius 1 is 0.182 bits per heavy atom. The average Bonchev–Trinajstić information content (AvgIpc) is 1.71. The van der Waals surface area contributed by atoms with Crippen molar-refractivity contribution in [2.75, 3.05) is 0 Å². The summed E-state index contributed by atoms with van der Waals surface area (Å²) in [6, 6.07) is 87.7. The van der Waals surface area contributed by atoms with Gasteiger partial charge in [0.25, 0.3) is 0 Å². The molecule has 15 rings (SSSR count). The van der Waals surface area contributed by atoms with Gasteiger partial charge < -0.3 is 0 Å². The fraction of sp³-hybridized carbons (Fsp3) is 0.354. The third-order valence-corrected chi connectivity index (χ3v) is 24.7. The molecule has 0 heteroatoms. The van der Waals surface area contributed by atoms with Crippen LogP contribution in [0.2, 0.25) is 0 Å². The first-order valence-electron chi connectivity index (χ1n) is 39.5. The van der Waals surface area contributed by atoms with Gasteiger partial charge in [0, 0.05) is 16.2 Å². The summed E-state index contributed by atoms with van der Waals surface area (Å²) >= 11 is 0.